The third-order valence-electron chi connectivity index (χ3n) is 2.00. The molecule has 0 aliphatic heterocycles. The molecule has 3 nitrogen and oxygen atoms in total. The molecule has 2 aromatic rings. The fraction of sp³-hybridized carbons (Fsp3) is 0.100. The van der Waals surface area contributed by atoms with Crippen molar-refractivity contribution in [1.29, 1.82) is 0 Å². The summed E-state index contributed by atoms with van der Waals surface area (Å²) in [5.41, 5.74) is 8.56. The van der Waals surface area contributed by atoms with Crippen LogP contribution >= 0.6 is 22.6 Å². The fourth-order valence-corrected chi connectivity index (χ4v) is 1.94. The molecule has 0 saturated carbocycles. The minimum atomic E-state index is 0.496. The zero-order valence-corrected chi connectivity index (χ0v) is 9.65. The van der Waals surface area contributed by atoms with Gasteiger partial charge in [-0.05, 0) is 34.7 Å². The number of rotatable bonds is 2. The summed E-state index contributed by atoms with van der Waals surface area (Å²) in [6, 6.07) is 10.1. The Morgan fingerprint density at radius 2 is 2.14 bits per heavy atom. The lowest BCUT2D eigenvalue weighted by Gasteiger charge is -1.98. The van der Waals surface area contributed by atoms with Crippen LogP contribution < -0.4 is 5.73 Å². The summed E-state index contributed by atoms with van der Waals surface area (Å²) in [7, 11) is 0. The molecule has 14 heavy (non-hydrogen) atoms. The summed E-state index contributed by atoms with van der Waals surface area (Å²) in [6.45, 7) is 0.496. The first kappa shape index (κ1) is 9.67. The molecule has 1 aromatic carbocycles. The standard InChI is InChI=1S/C10H10IN3/c11-9-4-2-1-3-8(9)10-5-7(6-12)13-14-10/h1-5H,6,12H2,(H,13,14). The van der Waals surface area contributed by atoms with Crippen molar-refractivity contribution in [1.82, 2.24) is 10.2 Å². The lowest BCUT2D eigenvalue weighted by molar-refractivity contribution is 0.948. The molecule has 0 fully saturated rings. The van der Waals surface area contributed by atoms with Gasteiger partial charge in [0.2, 0.25) is 0 Å². The van der Waals surface area contributed by atoms with Crippen molar-refractivity contribution in [2.45, 2.75) is 6.54 Å². The van der Waals surface area contributed by atoms with Crippen molar-refractivity contribution in [3.05, 3.63) is 39.6 Å². The summed E-state index contributed by atoms with van der Waals surface area (Å²) in [4.78, 5) is 0. The van der Waals surface area contributed by atoms with Gasteiger partial charge < -0.3 is 5.73 Å². The Kier molecular flexibility index (Phi) is 2.83. The Balaban J connectivity index is 2.44. The Labute approximate surface area is 95.9 Å². The molecular formula is C10H10IN3. The summed E-state index contributed by atoms with van der Waals surface area (Å²) in [5.74, 6) is 0. The maximum absolute atomic E-state index is 5.51. The zero-order valence-electron chi connectivity index (χ0n) is 7.50. The average molecular weight is 299 g/mol. The van der Waals surface area contributed by atoms with Gasteiger partial charge in [-0.3, -0.25) is 5.10 Å². The number of nitrogens with zero attached hydrogens (tertiary/aromatic N) is 1. The van der Waals surface area contributed by atoms with Crippen molar-refractivity contribution in [2.75, 3.05) is 0 Å². The van der Waals surface area contributed by atoms with Gasteiger partial charge in [-0.25, -0.2) is 0 Å². The van der Waals surface area contributed by atoms with Crippen LogP contribution in [0.5, 0.6) is 0 Å². The van der Waals surface area contributed by atoms with Gasteiger partial charge in [0.25, 0.3) is 0 Å². The van der Waals surface area contributed by atoms with Crippen molar-refractivity contribution in [3.8, 4) is 11.3 Å². The molecule has 2 rings (SSSR count). The van der Waals surface area contributed by atoms with Crippen molar-refractivity contribution >= 4 is 22.6 Å². The highest BCUT2D eigenvalue weighted by molar-refractivity contribution is 14.1. The highest BCUT2D eigenvalue weighted by Gasteiger charge is 2.05. The SMILES string of the molecule is NCc1cc(-c2ccccc2I)n[nH]1. The lowest BCUT2D eigenvalue weighted by Crippen LogP contribution is -1.95. The van der Waals surface area contributed by atoms with E-state index < -0.39 is 0 Å². The smallest absolute Gasteiger partial charge is 0.0934 e. The van der Waals surface area contributed by atoms with Gasteiger partial charge >= 0.3 is 0 Å². The number of aromatic nitrogens is 2. The first-order valence-corrected chi connectivity index (χ1v) is 5.38. The molecule has 72 valence electrons. The third kappa shape index (κ3) is 1.80. The van der Waals surface area contributed by atoms with Crippen LogP contribution in [0.15, 0.2) is 30.3 Å². The van der Waals surface area contributed by atoms with Gasteiger partial charge in [0, 0.05) is 21.4 Å². The number of benzene rings is 1. The quantitative estimate of drug-likeness (QED) is 0.835. The average Bonchev–Trinajstić information content (AvgIpc) is 2.67. The van der Waals surface area contributed by atoms with Crippen LogP contribution in [0.1, 0.15) is 5.69 Å². The van der Waals surface area contributed by atoms with Gasteiger partial charge in [0.15, 0.2) is 0 Å². The molecule has 4 heteroatoms. The van der Waals surface area contributed by atoms with E-state index in [9.17, 15) is 0 Å². The highest BCUT2D eigenvalue weighted by Crippen LogP contribution is 2.23. The molecule has 0 bridgehead atoms. The van der Waals surface area contributed by atoms with Gasteiger partial charge in [-0.15, -0.1) is 0 Å². The molecule has 0 saturated heterocycles. The summed E-state index contributed by atoms with van der Waals surface area (Å²) in [5, 5.41) is 7.11. The second kappa shape index (κ2) is 4.10. The number of H-pyrrole nitrogens is 1. The molecule has 0 unspecified atom stereocenters. The number of hydrogen-bond acceptors (Lipinski definition) is 2. The normalized spacial score (nSPS) is 10.4. The highest BCUT2D eigenvalue weighted by atomic mass is 127. The van der Waals surface area contributed by atoms with E-state index in [1.807, 2.05) is 18.2 Å². The molecular weight excluding hydrogens is 289 g/mol. The minimum Gasteiger partial charge on any atom is -0.325 e. The lowest BCUT2D eigenvalue weighted by atomic mass is 10.1. The second-order valence-electron chi connectivity index (χ2n) is 2.96. The molecule has 0 amide bonds. The van der Waals surface area contributed by atoms with E-state index in [4.69, 9.17) is 5.73 Å². The first-order valence-electron chi connectivity index (χ1n) is 4.30. The van der Waals surface area contributed by atoms with E-state index >= 15 is 0 Å². The van der Waals surface area contributed by atoms with Gasteiger partial charge in [-0.2, -0.15) is 5.10 Å². The molecule has 1 heterocycles. The van der Waals surface area contributed by atoms with Crippen LogP contribution in [0.25, 0.3) is 11.3 Å². The van der Waals surface area contributed by atoms with Crippen LogP contribution in [0.2, 0.25) is 0 Å². The maximum Gasteiger partial charge on any atom is 0.0934 e. The van der Waals surface area contributed by atoms with Gasteiger partial charge in [0.1, 0.15) is 0 Å². The number of hydrogen-bond donors (Lipinski definition) is 2. The van der Waals surface area contributed by atoms with Crippen molar-refractivity contribution < 1.29 is 0 Å². The van der Waals surface area contributed by atoms with E-state index in [2.05, 4.69) is 44.9 Å². The Morgan fingerprint density at radius 3 is 2.79 bits per heavy atom. The van der Waals surface area contributed by atoms with E-state index in [1.165, 1.54) is 3.57 Å². The summed E-state index contributed by atoms with van der Waals surface area (Å²) >= 11 is 2.30. The minimum absolute atomic E-state index is 0.496. The molecule has 3 N–H and O–H groups in total. The molecule has 0 aliphatic rings. The Bertz CT molecular complexity index is 436. The number of aromatic amines is 1. The number of nitrogens with one attached hydrogen (secondary N) is 1. The van der Waals surface area contributed by atoms with E-state index in [0.717, 1.165) is 17.0 Å². The fourth-order valence-electron chi connectivity index (χ4n) is 1.27. The number of halogens is 1. The molecule has 0 atom stereocenters. The molecule has 0 aliphatic carbocycles. The third-order valence-corrected chi connectivity index (χ3v) is 2.94. The summed E-state index contributed by atoms with van der Waals surface area (Å²) < 4.78 is 1.19. The summed E-state index contributed by atoms with van der Waals surface area (Å²) in [6.07, 6.45) is 0. The second-order valence-corrected chi connectivity index (χ2v) is 4.12. The van der Waals surface area contributed by atoms with E-state index in [0.29, 0.717) is 6.54 Å². The molecule has 0 spiro atoms. The van der Waals surface area contributed by atoms with Crippen LogP contribution in [0.4, 0.5) is 0 Å². The van der Waals surface area contributed by atoms with Crippen LogP contribution in [-0.4, -0.2) is 10.2 Å². The Hall–Kier alpha value is -0.880. The van der Waals surface area contributed by atoms with Crippen LogP contribution in [-0.2, 0) is 6.54 Å². The van der Waals surface area contributed by atoms with Gasteiger partial charge in [-0.1, -0.05) is 18.2 Å². The predicted molar refractivity (Wildman–Crippen MR) is 64.6 cm³/mol. The molecule has 0 radical (unpaired) electrons. The first-order chi connectivity index (χ1) is 6.81. The van der Waals surface area contributed by atoms with E-state index in [1.54, 1.807) is 0 Å². The van der Waals surface area contributed by atoms with Crippen LogP contribution in [0.3, 0.4) is 0 Å². The van der Waals surface area contributed by atoms with Crippen molar-refractivity contribution in [3.63, 3.8) is 0 Å². The van der Waals surface area contributed by atoms with Crippen molar-refractivity contribution in [2.24, 2.45) is 5.73 Å². The molecule has 1 aromatic heterocycles. The maximum atomic E-state index is 5.51. The van der Waals surface area contributed by atoms with Crippen LogP contribution in [0, 0.1) is 3.57 Å². The Morgan fingerprint density at radius 1 is 1.36 bits per heavy atom. The number of nitrogens with two attached hydrogens (primary N) is 1. The monoisotopic (exact) mass is 299 g/mol. The van der Waals surface area contributed by atoms with Gasteiger partial charge in [0.05, 0.1) is 5.69 Å². The zero-order chi connectivity index (χ0) is 9.97. The largest absolute Gasteiger partial charge is 0.325 e. The predicted octanol–water partition coefficient (Wildman–Crippen LogP) is 2.14. The topological polar surface area (TPSA) is 54.7 Å². The van der Waals surface area contributed by atoms with E-state index in [-0.39, 0.29) is 0 Å².